The van der Waals surface area contributed by atoms with Crippen LogP contribution in [0.2, 0.25) is 0 Å². The van der Waals surface area contributed by atoms with Gasteiger partial charge in [0, 0.05) is 10.3 Å². The quantitative estimate of drug-likeness (QED) is 0.552. The van der Waals surface area contributed by atoms with Gasteiger partial charge in [-0.1, -0.05) is 18.2 Å². The summed E-state index contributed by atoms with van der Waals surface area (Å²) >= 11 is 1.47. The van der Waals surface area contributed by atoms with E-state index in [1.165, 1.54) is 11.3 Å². The van der Waals surface area contributed by atoms with Crippen molar-refractivity contribution in [2.75, 3.05) is 7.11 Å². The first kappa shape index (κ1) is 15.5. The van der Waals surface area contributed by atoms with Crippen LogP contribution >= 0.6 is 11.3 Å². The van der Waals surface area contributed by atoms with Crippen molar-refractivity contribution in [3.8, 4) is 27.7 Å². The summed E-state index contributed by atoms with van der Waals surface area (Å²) in [6, 6.07) is 21.0. The highest BCUT2D eigenvalue weighted by Gasteiger charge is 2.09. The molecule has 0 radical (unpaired) electrons. The fourth-order valence-electron chi connectivity index (χ4n) is 2.60. The summed E-state index contributed by atoms with van der Waals surface area (Å²) in [6.45, 7) is 0. The van der Waals surface area contributed by atoms with Crippen molar-refractivity contribution < 1.29 is 4.74 Å². The predicted octanol–water partition coefficient (Wildman–Crippen LogP) is 4.39. The summed E-state index contributed by atoms with van der Waals surface area (Å²) < 4.78 is 6.10. The average Bonchev–Trinajstić information content (AvgIpc) is 2.68. The fraction of sp³-hybridized carbons (Fsp3) is 0.0500. The van der Waals surface area contributed by atoms with Crippen molar-refractivity contribution in [1.29, 1.82) is 0 Å². The summed E-state index contributed by atoms with van der Waals surface area (Å²) in [5.41, 5.74) is 2.28. The van der Waals surface area contributed by atoms with Crippen LogP contribution in [0.25, 0.3) is 32.0 Å². The molecule has 122 valence electrons. The van der Waals surface area contributed by atoms with Gasteiger partial charge in [-0.05, 0) is 48.5 Å². The Morgan fingerprint density at radius 2 is 1.60 bits per heavy atom. The monoisotopic (exact) mass is 346 g/mol. The van der Waals surface area contributed by atoms with Gasteiger partial charge >= 0.3 is 0 Å². The Balaban J connectivity index is 1.80. The number of rotatable bonds is 3. The second-order valence-electron chi connectivity index (χ2n) is 5.46. The van der Waals surface area contributed by atoms with Gasteiger partial charge in [0.2, 0.25) is 0 Å². The van der Waals surface area contributed by atoms with Crippen LogP contribution in [0.15, 0.2) is 71.5 Å². The van der Waals surface area contributed by atoms with Gasteiger partial charge in [0.15, 0.2) is 0 Å². The van der Waals surface area contributed by atoms with E-state index in [-0.39, 0.29) is 5.56 Å². The zero-order chi connectivity index (χ0) is 17.2. The van der Waals surface area contributed by atoms with E-state index in [4.69, 9.17) is 4.74 Å². The van der Waals surface area contributed by atoms with Crippen LogP contribution < -0.4 is 10.3 Å². The van der Waals surface area contributed by atoms with Crippen molar-refractivity contribution in [2.24, 2.45) is 0 Å². The SMILES string of the molecule is COc1ccc(-c2cccc(-c3nc(=O)c4ccccc4s3)n2)cc1. The highest BCUT2D eigenvalue weighted by Crippen LogP contribution is 2.27. The molecule has 2 aromatic heterocycles. The van der Waals surface area contributed by atoms with Crippen molar-refractivity contribution in [3.63, 3.8) is 0 Å². The van der Waals surface area contributed by atoms with E-state index in [9.17, 15) is 4.79 Å². The van der Waals surface area contributed by atoms with E-state index >= 15 is 0 Å². The van der Waals surface area contributed by atoms with Crippen LogP contribution in [-0.4, -0.2) is 17.1 Å². The Morgan fingerprint density at radius 1 is 0.840 bits per heavy atom. The molecule has 0 aliphatic rings. The van der Waals surface area contributed by atoms with Gasteiger partial charge in [0.1, 0.15) is 10.8 Å². The molecule has 4 nitrogen and oxygen atoms in total. The third kappa shape index (κ3) is 3.02. The first-order valence-corrected chi connectivity index (χ1v) is 8.58. The maximum absolute atomic E-state index is 12.3. The van der Waals surface area contributed by atoms with Crippen molar-refractivity contribution >= 4 is 21.4 Å². The van der Waals surface area contributed by atoms with E-state index in [0.29, 0.717) is 16.1 Å². The average molecular weight is 346 g/mol. The molecule has 2 heterocycles. The largest absolute Gasteiger partial charge is 0.497 e. The lowest BCUT2D eigenvalue weighted by atomic mass is 10.1. The second-order valence-corrected chi connectivity index (χ2v) is 6.49. The normalized spacial score (nSPS) is 10.8. The maximum atomic E-state index is 12.3. The molecule has 0 spiro atoms. The minimum atomic E-state index is -0.221. The highest BCUT2D eigenvalue weighted by atomic mass is 32.1. The minimum Gasteiger partial charge on any atom is -0.497 e. The van der Waals surface area contributed by atoms with Crippen molar-refractivity contribution in [3.05, 3.63) is 77.1 Å². The second kappa shape index (κ2) is 6.45. The van der Waals surface area contributed by atoms with Gasteiger partial charge in [-0.25, -0.2) is 4.98 Å². The van der Waals surface area contributed by atoms with E-state index in [1.807, 2.05) is 60.7 Å². The summed E-state index contributed by atoms with van der Waals surface area (Å²) in [7, 11) is 1.64. The molecule has 0 bridgehead atoms. The summed E-state index contributed by atoms with van der Waals surface area (Å²) in [4.78, 5) is 21.2. The number of nitrogens with zero attached hydrogens (tertiary/aromatic N) is 2. The highest BCUT2D eigenvalue weighted by molar-refractivity contribution is 7.21. The molecule has 0 amide bonds. The predicted molar refractivity (Wildman–Crippen MR) is 101 cm³/mol. The topological polar surface area (TPSA) is 52.1 Å². The van der Waals surface area contributed by atoms with Gasteiger partial charge in [-0.2, -0.15) is 4.98 Å². The lowest BCUT2D eigenvalue weighted by molar-refractivity contribution is 0.415. The zero-order valence-corrected chi connectivity index (χ0v) is 14.3. The molecule has 5 heteroatoms. The van der Waals surface area contributed by atoms with Crippen LogP contribution in [0.3, 0.4) is 0 Å². The third-order valence-electron chi connectivity index (χ3n) is 3.88. The number of methoxy groups -OCH3 is 1. The fourth-order valence-corrected chi connectivity index (χ4v) is 3.56. The molecule has 2 aromatic carbocycles. The smallest absolute Gasteiger partial charge is 0.279 e. The van der Waals surface area contributed by atoms with Gasteiger partial charge in [-0.3, -0.25) is 4.79 Å². The molecule has 4 rings (SSSR count). The molecule has 0 fully saturated rings. The first-order chi connectivity index (χ1) is 12.2. The van der Waals surface area contributed by atoms with Crippen LogP contribution in [0.1, 0.15) is 0 Å². The molecule has 0 N–H and O–H groups in total. The Labute approximate surface area is 148 Å². The van der Waals surface area contributed by atoms with Gasteiger partial charge in [0.05, 0.1) is 23.9 Å². The molecule has 25 heavy (non-hydrogen) atoms. The summed E-state index contributed by atoms with van der Waals surface area (Å²) in [6.07, 6.45) is 0. The molecular weight excluding hydrogens is 332 g/mol. The number of ether oxygens (including phenoxy) is 1. The molecular formula is C20H14N2O2S. The van der Waals surface area contributed by atoms with Gasteiger partial charge in [0.25, 0.3) is 5.56 Å². The number of fused-ring (bicyclic) bond motifs is 1. The van der Waals surface area contributed by atoms with Crippen LogP contribution in [0.5, 0.6) is 5.75 Å². The van der Waals surface area contributed by atoms with Gasteiger partial charge in [-0.15, -0.1) is 11.3 Å². The lowest BCUT2D eigenvalue weighted by Crippen LogP contribution is -2.06. The number of benzene rings is 2. The molecule has 0 unspecified atom stereocenters. The van der Waals surface area contributed by atoms with E-state index in [2.05, 4.69) is 9.97 Å². The van der Waals surface area contributed by atoms with Crippen LogP contribution in [-0.2, 0) is 0 Å². The molecule has 0 aliphatic heterocycles. The molecule has 0 saturated carbocycles. The first-order valence-electron chi connectivity index (χ1n) is 7.76. The number of hydrogen-bond donors (Lipinski definition) is 0. The Bertz CT molecular complexity index is 1100. The number of hydrogen-bond acceptors (Lipinski definition) is 5. The maximum Gasteiger partial charge on any atom is 0.279 e. The Morgan fingerprint density at radius 3 is 2.40 bits per heavy atom. The zero-order valence-electron chi connectivity index (χ0n) is 13.5. The van der Waals surface area contributed by atoms with Crippen LogP contribution in [0, 0.1) is 0 Å². The van der Waals surface area contributed by atoms with E-state index in [0.717, 1.165) is 21.7 Å². The van der Waals surface area contributed by atoms with Crippen molar-refractivity contribution in [1.82, 2.24) is 9.97 Å². The van der Waals surface area contributed by atoms with Crippen molar-refractivity contribution in [2.45, 2.75) is 0 Å². The minimum absolute atomic E-state index is 0.221. The van der Waals surface area contributed by atoms with Crippen LogP contribution in [0.4, 0.5) is 0 Å². The lowest BCUT2D eigenvalue weighted by Gasteiger charge is -2.06. The Kier molecular flexibility index (Phi) is 3.99. The Hall–Kier alpha value is -3.05. The summed E-state index contributed by atoms with van der Waals surface area (Å²) in [5.74, 6) is 0.800. The van der Waals surface area contributed by atoms with Gasteiger partial charge < -0.3 is 4.74 Å². The standard InChI is InChI=1S/C20H14N2O2S/c1-24-14-11-9-13(10-12-14)16-6-4-7-17(21-16)20-22-19(23)15-5-2-3-8-18(15)25-20/h2-12H,1H3. The molecule has 0 aliphatic carbocycles. The molecule has 0 atom stereocenters. The van der Waals surface area contributed by atoms with E-state index in [1.54, 1.807) is 13.2 Å². The third-order valence-corrected chi connectivity index (χ3v) is 4.95. The number of aromatic nitrogens is 2. The molecule has 4 aromatic rings. The number of pyridine rings is 1. The molecule has 0 saturated heterocycles. The van der Waals surface area contributed by atoms with E-state index < -0.39 is 0 Å². The summed E-state index contributed by atoms with van der Waals surface area (Å²) in [5, 5.41) is 1.27.